The minimum absolute atomic E-state index is 0.367. The van der Waals surface area contributed by atoms with Gasteiger partial charge in [0.25, 0.3) is 0 Å². The number of rotatable bonds is 57. The van der Waals surface area contributed by atoms with Crippen molar-refractivity contribution in [3.05, 3.63) is 18.2 Å². The van der Waals surface area contributed by atoms with E-state index in [-0.39, 0.29) is 18.1 Å². The first-order valence-electron chi connectivity index (χ1n) is 27.9. The van der Waals surface area contributed by atoms with E-state index in [0.717, 1.165) is 116 Å². The van der Waals surface area contributed by atoms with Crippen LogP contribution < -0.4 is 31.9 Å². The molecule has 1 aromatic rings. The van der Waals surface area contributed by atoms with Crippen LogP contribution in [0.25, 0.3) is 0 Å². The third-order valence-corrected chi connectivity index (χ3v) is 11.2. The lowest BCUT2D eigenvalue weighted by Crippen LogP contribution is -2.31. The fourth-order valence-corrected chi connectivity index (χ4v) is 7.14. The zero-order chi connectivity index (χ0) is 54.0. The summed E-state index contributed by atoms with van der Waals surface area (Å²) in [6.07, 6.45) is 18.4. The van der Waals surface area contributed by atoms with Gasteiger partial charge in [-0.2, -0.15) is 0 Å². The second-order valence-electron chi connectivity index (χ2n) is 17.8. The first kappa shape index (κ1) is 69.6. The van der Waals surface area contributed by atoms with Crippen LogP contribution in [0.2, 0.25) is 0 Å². The number of methoxy groups -OCH3 is 3. The lowest BCUT2D eigenvalue weighted by Gasteiger charge is -2.14. The largest absolute Gasteiger partial charge is 0.382 e. The molecule has 0 spiro atoms. The van der Waals surface area contributed by atoms with Gasteiger partial charge in [0.15, 0.2) is 0 Å². The molecule has 0 aromatic heterocycles. The number of ether oxygens (including phenoxy) is 12. The molecule has 0 heterocycles. The Balaban J connectivity index is 2.39. The zero-order valence-electron chi connectivity index (χ0n) is 46.6. The average molecular weight is 1080 g/mol. The van der Waals surface area contributed by atoms with Crippen molar-refractivity contribution < 1.29 is 71.2 Å². The van der Waals surface area contributed by atoms with Gasteiger partial charge in [-0.3, -0.25) is 0 Å². The van der Waals surface area contributed by atoms with Crippen LogP contribution in [-0.4, -0.2) is 198 Å². The molecule has 0 radical (unpaired) electrons. The molecule has 6 N–H and O–H groups in total. The summed E-state index contributed by atoms with van der Waals surface area (Å²) < 4.78 is 64.4. The number of amides is 6. The highest BCUT2D eigenvalue weighted by Crippen LogP contribution is 2.23. The topological polar surface area (TPSA) is 234 Å². The number of hydrogen-bond donors (Lipinski definition) is 6. The lowest BCUT2D eigenvalue weighted by molar-refractivity contribution is 0.00323. The molecule has 0 saturated heterocycles. The number of benzene rings is 1. The number of carbonyl (C=O) groups excluding carboxylic acids is 3. The van der Waals surface area contributed by atoms with E-state index in [4.69, 9.17) is 56.8 Å². The van der Waals surface area contributed by atoms with Crippen LogP contribution >= 0.6 is 0 Å². The Hall–Kier alpha value is -3.45. The maximum Gasteiger partial charge on any atom is 0.319 e. The van der Waals surface area contributed by atoms with E-state index >= 15 is 0 Å². The Kier molecular flexibility index (Phi) is 52.6. The highest BCUT2D eigenvalue weighted by Gasteiger charge is 2.11. The van der Waals surface area contributed by atoms with Gasteiger partial charge < -0.3 is 88.7 Å². The summed E-state index contributed by atoms with van der Waals surface area (Å²) in [5, 5.41) is 17.4. The fourth-order valence-electron chi connectivity index (χ4n) is 7.14. The van der Waals surface area contributed by atoms with Crippen molar-refractivity contribution in [2.75, 3.05) is 196 Å². The summed E-state index contributed by atoms with van der Waals surface area (Å²) in [6.45, 7) is 13.9. The monoisotopic (exact) mass is 1070 g/mol. The number of urea groups is 3. The zero-order valence-corrected chi connectivity index (χ0v) is 46.6. The van der Waals surface area contributed by atoms with Crippen molar-refractivity contribution in [2.24, 2.45) is 0 Å². The first-order valence-corrected chi connectivity index (χ1v) is 27.9. The van der Waals surface area contributed by atoms with Gasteiger partial charge in [0.1, 0.15) is 0 Å². The molecule has 6 amide bonds. The Bertz CT molecular complexity index is 1250. The predicted molar refractivity (Wildman–Crippen MR) is 294 cm³/mol. The van der Waals surface area contributed by atoms with Crippen LogP contribution in [0.4, 0.5) is 31.4 Å². The molecule has 0 aliphatic rings. The molecule has 438 valence electrons. The number of nitrogens with one attached hydrogen (secondary N) is 6. The standard InChI is InChI=1S/C54H102N6O15/c1-64-28-31-70-40-43-73-37-34-67-25-19-13-7-4-10-16-22-55-52(61)58-49-46-50(59-53(62)56-23-17-11-5-8-14-20-26-68-35-38-74-44-41-71-32-29-65-2)48-51(47-49)60-54(63)57-24-18-12-6-9-15-21-27-69-36-39-75-45-42-72-33-30-66-3/h46-48H,4-45H2,1-3H3,(H2,55,58,61)(H2,56,59,62)(H2,57,60,63). The highest BCUT2D eigenvalue weighted by molar-refractivity contribution is 5.96. The van der Waals surface area contributed by atoms with Gasteiger partial charge in [0.05, 0.1) is 119 Å². The lowest BCUT2D eigenvalue weighted by atomic mass is 10.1. The van der Waals surface area contributed by atoms with Gasteiger partial charge in [-0.1, -0.05) is 77.0 Å². The summed E-state index contributed by atoms with van der Waals surface area (Å²) in [7, 11) is 4.95. The molecule has 21 nitrogen and oxygen atoms in total. The SMILES string of the molecule is COCCOCCOCCOCCCCCCCCNC(=O)Nc1cc(NC(=O)NCCCCCCCCOCCOCCOCCOC)cc(NC(=O)NCCCCCCCCOCCOCCOCCOC)c1. The van der Waals surface area contributed by atoms with Crippen molar-refractivity contribution in [3.63, 3.8) is 0 Å². The number of unbranched alkanes of at least 4 members (excludes halogenated alkanes) is 15. The molecule has 75 heavy (non-hydrogen) atoms. The molecule has 1 aromatic carbocycles. The number of anilines is 3. The van der Waals surface area contributed by atoms with Gasteiger partial charge in [-0.05, 0) is 56.7 Å². The van der Waals surface area contributed by atoms with E-state index in [2.05, 4.69) is 31.9 Å². The molecule has 0 unspecified atom stereocenters. The van der Waals surface area contributed by atoms with Crippen LogP contribution in [0.1, 0.15) is 116 Å². The molecule has 0 saturated carbocycles. The molecule has 0 fully saturated rings. The second kappa shape index (κ2) is 56.7. The van der Waals surface area contributed by atoms with E-state index in [1.165, 1.54) is 0 Å². The van der Waals surface area contributed by atoms with Crippen molar-refractivity contribution in [3.8, 4) is 0 Å². The van der Waals surface area contributed by atoms with Gasteiger partial charge in [-0.25, -0.2) is 14.4 Å². The molecular weight excluding hydrogens is 973 g/mol. The Morgan fingerprint density at radius 3 is 0.680 bits per heavy atom. The van der Waals surface area contributed by atoms with E-state index in [1.807, 2.05) is 0 Å². The fraction of sp³-hybridized carbons (Fsp3) is 0.833. The molecule has 1 rings (SSSR count). The molecule has 0 bridgehead atoms. The maximum atomic E-state index is 12.9. The van der Waals surface area contributed by atoms with Crippen molar-refractivity contribution in [1.29, 1.82) is 0 Å². The summed E-state index contributed by atoms with van der Waals surface area (Å²) in [5.41, 5.74) is 1.29. The predicted octanol–water partition coefficient (Wildman–Crippen LogP) is 8.16. The Labute approximate surface area is 450 Å². The summed E-state index contributed by atoms with van der Waals surface area (Å²) >= 11 is 0. The average Bonchev–Trinajstić information content (AvgIpc) is 3.39. The Morgan fingerprint density at radius 1 is 0.267 bits per heavy atom. The van der Waals surface area contributed by atoms with Crippen molar-refractivity contribution in [1.82, 2.24) is 16.0 Å². The molecular formula is C54H102N6O15. The van der Waals surface area contributed by atoms with Crippen LogP contribution in [0.15, 0.2) is 18.2 Å². The normalized spacial score (nSPS) is 11.2. The molecule has 21 heteroatoms. The van der Waals surface area contributed by atoms with Gasteiger partial charge >= 0.3 is 18.1 Å². The number of carbonyl (C=O) groups is 3. The third-order valence-electron chi connectivity index (χ3n) is 11.2. The molecule has 0 aliphatic carbocycles. The van der Waals surface area contributed by atoms with E-state index < -0.39 is 0 Å². The van der Waals surface area contributed by atoms with E-state index in [0.29, 0.717) is 175 Å². The van der Waals surface area contributed by atoms with Crippen molar-refractivity contribution in [2.45, 2.75) is 116 Å². The summed E-state index contributed by atoms with van der Waals surface area (Å²) in [5.74, 6) is 0. The van der Waals surface area contributed by atoms with E-state index in [9.17, 15) is 14.4 Å². The van der Waals surface area contributed by atoms with Crippen LogP contribution in [0.3, 0.4) is 0 Å². The molecule has 0 atom stereocenters. The van der Waals surface area contributed by atoms with Gasteiger partial charge in [0, 0.05) is 77.8 Å². The van der Waals surface area contributed by atoms with E-state index in [1.54, 1.807) is 39.5 Å². The summed E-state index contributed by atoms with van der Waals surface area (Å²) in [4.78, 5) is 38.8. The quantitative estimate of drug-likeness (QED) is 0.0338. The van der Waals surface area contributed by atoms with Crippen LogP contribution in [-0.2, 0) is 56.8 Å². The van der Waals surface area contributed by atoms with Gasteiger partial charge in [0.2, 0.25) is 0 Å². The van der Waals surface area contributed by atoms with Gasteiger partial charge in [-0.15, -0.1) is 0 Å². The molecule has 0 aliphatic heterocycles. The smallest absolute Gasteiger partial charge is 0.319 e. The highest BCUT2D eigenvalue weighted by atomic mass is 16.6. The van der Waals surface area contributed by atoms with Crippen molar-refractivity contribution >= 4 is 35.2 Å². The van der Waals surface area contributed by atoms with Crippen LogP contribution in [0, 0.1) is 0 Å². The minimum atomic E-state index is -0.367. The maximum absolute atomic E-state index is 12.9. The second-order valence-corrected chi connectivity index (χ2v) is 17.8. The Morgan fingerprint density at radius 2 is 0.453 bits per heavy atom. The van der Waals surface area contributed by atoms with Crippen LogP contribution in [0.5, 0.6) is 0 Å². The minimum Gasteiger partial charge on any atom is -0.382 e. The summed E-state index contributed by atoms with van der Waals surface area (Å²) in [6, 6.07) is 3.91. The third kappa shape index (κ3) is 51.1. The first-order chi connectivity index (χ1) is 37.0. The number of hydrogen-bond acceptors (Lipinski definition) is 15.